The summed E-state index contributed by atoms with van der Waals surface area (Å²) in [6, 6.07) is 19.5. The van der Waals surface area contributed by atoms with E-state index in [1.807, 2.05) is 13.0 Å². The average molecular weight is 385 g/mol. The fourth-order valence-corrected chi connectivity index (χ4v) is 4.31. The van der Waals surface area contributed by atoms with Crippen molar-refractivity contribution in [3.8, 4) is 5.75 Å². The molecule has 0 N–H and O–H groups in total. The highest BCUT2D eigenvalue weighted by Crippen LogP contribution is 2.29. The third kappa shape index (κ3) is 4.11. The molecule has 27 heavy (non-hydrogen) atoms. The van der Waals surface area contributed by atoms with Crippen molar-refractivity contribution < 1.29 is 17.5 Å². The van der Waals surface area contributed by atoms with Crippen molar-refractivity contribution in [1.82, 2.24) is 0 Å². The summed E-state index contributed by atoms with van der Waals surface area (Å²) in [5.74, 6) is 0.0651. The van der Waals surface area contributed by atoms with Gasteiger partial charge >= 0.3 is 0 Å². The molecule has 3 aromatic carbocycles. The van der Waals surface area contributed by atoms with Crippen LogP contribution in [0, 0.1) is 12.7 Å². The number of rotatable bonds is 6. The van der Waals surface area contributed by atoms with Crippen LogP contribution < -0.4 is 9.04 Å². The first-order chi connectivity index (χ1) is 12.9. The number of sulfonamides is 1. The summed E-state index contributed by atoms with van der Waals surface area (Å²) >= 11 is 0. The molecule has 140 valence electrons. The van der Waals surface area contributed by atoms with Gasteiger partial charge < -0.3 is 4.74 Å². The number of ether oxygens (including phenoxy) is 1. The Morgan fingerprint density at radius 1 is 0.963 bits per heavy atom. The molecule has 0 radical (unpaired) electrons. The van der Waals surface area contributed by atoms with Gasteiger partial charge in [0.1, 0.15) is 11.6 Å². The number of halogens is 1. The molecule has 3 rings (SSSR count). The Morgan fingerprint density at radius 3 is 2.41 bits per heavy atom. The van der Waals surface area contributed by atoms with Crippen LogP contribution in [-0.2, 0) is 16.6 Å². The molecule has 0 bridgehead atoms. The molecule has 0 heterocycles. The van der Waals surface area contributed by atoms with Gasteiger partial charge in [-0.25, -0.2) is 12.8 Å². The van der Waals surface area contributed by atoms with Crippen molar-refractivity contribution >= 4 is 15.7 Å². The fraction of sp³-hybridized carbons (Fsp3) is 0.143. The van der Waals surface area contributed by atoms with Crippen molar-refractivity contribution in [2.45, 2.75) is 18.4 Å². The predicted molar refractivity (Wildman–Crippen MR) is 104 cm³/mol. The molecule has 0 aliphatic carbocycles. The largest absolute Gasteiger partial charge is 0.497 e. The van der Waals surface area contributed by atoms with E-state index in [4.69, 9.17) is 4.74 Å². The van der Waals surface area contributed by atoms with Gasteiger partial charge in [0.15, 0.2) is 0 Å². The summed E-state index contributed by atoms with van der Waals surface area (Å²) in [4.78, 5) is 0.154. The van der Waals surface area contributed by atoms with Crippen LogP contribution in [0.5, 0.6) is 5.75 Å². The lowest BCUT2D eigenvalue weighted by Gasteiger charge is -2.25. The molecule has 0 spiro atoms. The molecule has 0 aliphatic rings. The van der Waals surface area contributed by atoms with E-state index >= 15 is 0 Å². The Balaban J connectivity index is 2.13. The second kappa shape index (κ2) is 7.80. The third-order valence-corrected chi connectivity index (χ3v) is 5.96. The van der Waals surface area contributed by atoms with Crippen molar-refractivity contribution in [3.63, 3.8) is 0 Å². The summed E-state index contributed by atoms with van der Waals surface area (Å²) in [6.07, 6.45) is 0. The van der Waals surface area contributed by atoms with E-state index < -0.39 is 15.8 Å². The second-order valence-corrected chi connectivity index (χ2v) is 7.98. The predicted octanol–water partition coefficient (Wildman–Crippen LogP) is 4.54. The number of hydrogen-bond donors (Lipinski definition) is 0. The molecule has 0 fully saturated rings. The molecular weight excluding hydrogens is 365 g/mol. The fourth-order valence-electron chi connectivity index (χ4n) is 2.77. The van der Waals surface area contributed by atoms with E-state index in [9.17, 15) is 12.8 Å². The maximum Gasteiger partial charge on any atom is 0.264 e. The van der Waals surface area contributed by atoms with E-state index in [0.29, 0.717) is 11.4 Å². The van der Waals surface area contributed by atoms with Crippen molar-refractivity contribution in [2.75, 3.05) is 11.4 Å². The van der Waals surface area contributed by atoms with Gasteiger partial charge in [-0.05, 0) is 42.8 Å². The highest BCUT2D eigenvalue weighted by molar-refractivity contribution is 7.92. The Kier molecular flexibility index (Phi) is 5.46. The van der Waals surface area contributed by atoms with Gasteiger partial charge in [-0.15, -0.1) is 0 Å². The maximum atomic E-state index is 14.2. The molecule has 0 unspecified atom stereocenters. The van der Waals surface area contributed by atoms with E-state index in [-0.39, 0.29) is 17.0 Å². The lowest BCUT2D eigenvalue weighted by atomic mass is 10.2. The zero-order chi connectivity index (χ0) is 19.4. The van der Waals surface area contributed by atoms with E-state index in [1.165, 1.54) is 23.5 Å². The zero-order valence-corrected chi connectivity index (χ0v) is 15.9. The number of methoxy groups -OCH3 is 1. The topological polar surface area (TPSA) is 46.6 Å². The van der Waals surface area contributed by atoms with Gasteiger partial charge in [-0.3, -0.25) is 4.31 Å². The average Bonchev–Trinajstić information content (AvgIpc) is 2.67. The first kappa shape index (κ1) is 18.9. The lowest BCUT2D eigenvalue weighted by molar-refractivity contribution is 0.415. The van der Waals surface area contributed by atoms with Crippen LogP contribution in [0.2, 0.25) is 0 Å². The van der Waals surface area contributed by atoms with Gasteiger partial charge in [0, 0.05) is 11.6 Å². The molecule has 4 nitrogen and oxygen atoms in total. The minimum absolute atomic E-state index is 0.129. The summed E-state index contributed by atoms with van der Waals surface area (Å²) in [5, 5.41) is 0. The standard InChI is InChI=1S/C21H20FNO3S/c1-16-7-5-11-20(13-16)27(24,25)23(15-17-8-3-4-12-21(17)22)18-9-6-10-19(14-18)26-2/h3-14H,15H2,1-2H3. The molecule has 3 aromatic rings. The Morgan fingerprint density at radius 2 is 1.70 bits per heavy atom. The van der Waals surface area contributed by atoms with Crippen molar-refractivity contribution in [3.05, 3.63) is 89.7 Å². The number of nitrogens with zero attached hydrogens (tertiary/aromatic N) is 1. The SMILES string of the molecule is COc1cccc(N(Cc2ccccc2F)S(=O)(=O)c2cccc(C)c2)c1. The number of anilines is 1. The van der Waals surface area contributed by atoms with Crippen LogP contribution in [0.15, 0.2) is 77.7 Å². The van der Waals surface area contributed by atoms with Gasteiger partial charge in [0.25, 0.3) is 10.0 Å². The van der Waals surface area contributed by atoms with Crippen molar-refractivity contribution in [2.24, 2.45) is 0 Å². The summed E-state index contributed by atoms with van der Waals surface area (Å²) in [7, 11) is -2.40. The first-order valence-corrected chi connectivity index (χ1v) is 9.82. The normalized spacial score (nSPS) is 11.2. The van der Waals surface area contributed by atoms with Gasteiger partial charge in [0.05, 0.1) is 24.2 Å². The quantitative estimate of drug-likeness (QED) is 0.626. The minimum atomic E-state index is -3.91. The molecule has 0 aliphatic heterocycles. The second-order valence-electron chi connectivity index (χ2n) is 6.12. The van der Waals surface area contributed by atoms with Gasteiger partial charge in [0.2, 0.25) is 0 Å². The Labute approximate surface area is 158 Å². The van der Waals surface area contributed by atoms with Crippen LogP contribution in [0.4, 0.5) is 10.1 Å². The number of aryl methyl sites for hydroxylation is 1. The van der Waals surface area contributed by atoms with Crippen molar-refractivity contribution in [1.29, 1.82) is 0 Å². The van der Waals surface area contributed by atoms with Crippen LogP contribution in [0.25, 0.3) is 0 Å². The van der Waals surface area contributed by atoms with Crippen LogP contribution in [-0.4, -0.2) is 15.5 Å². The summed E-state index contributed by atoms with van der Waals surface area (Å²) < 4.78 is 47.4. The van der Waals surface area contributed by atoms with E-state index in [2.05, 4.69) is 0 Å². The molecule has 0 saturated heterocycles. The minimum Gasteiger partial charge on any atom is -0.497 e. The summed E-state index contributed by atoms with van der Waals surface area (Å²) in [6.45, 7) is 1.70. The molecular formula is C21H20FNO3S. The maximum absolute atomic E-state index is 14.2. The molecule has 0 aromatic heterocycles. The molecule has 6 heteroatoms. The summed E-state index contributed by atoms with van der Waals surface area (Å²) in [5.41, 5.74) is 1.52. The van der Waals surface area contributed by atoms with Crippen LogP contribution >= 0.6 is 0 Å². The van der Waals surface area contributed by atoms with Gasteiger partial charge in [-0.2, -0.15) is 0 Å². The van der Waals surface area contributed by atoms with Crippen LogP contribution in [0.1, 0.15) is 11.1 Å². The number of benzene rings is 3. The monoisotopic (exact) mass is 385 g/mol. The molecule has 0 saturated carbocycles. The Hall–Kier alpha value is -2.86. The number of hydrogen-bond acceptors (Lipinski definition) is 3. The van der Waals surface area contributed by atoms with Gasteiger partial charge in [-0.1, -0.05) is 36.4 Å². The van der Waals surface area contributed by atoms with E-state index in [1.54, 1.807) is 54.6 Å². The molecule has 0 amide bonds. The smallest absolute Gasteiger partial charge is 0.264 e. The zero-order valence-electron chi connectivity index (χ0n) is 15.1. The molecule has 0 atom stereocenters. The van der Waals surface area contributed by atoms with Crippen LogP contribution in [0.3, 0.4) is 0 Å². The Bertz CT molecular complexity index is 1050. The van der Waals surface area contributed by atoms with E-state index in [0.717, 1.165) is 5.56 Å². The highest BCUT2D eigenvalue weighted by Gasteiger charge is 2.26. The first-order valence-electron chi connectivity index (χ1n) is 8.38. The highest BCUT2D eigenvalue weighted by atomic mass is 32.2. The third-order valence-electron chi connectivity index (χ3n) is 4.19. The lowest BCUT2D eigenvalue weighted by Crippen LogP contribution is -2.31.